The third kappa shape index (κ3) is 6.63. The fraction of sp³-hybridized carbons (Fsp3) is 0.438. The molecule has 5 aliphatic heterocycles. The zero-order valence-electron chi connectivity index (χ0n) is 36.4. The summed E-state index contributed by atoms with van der Waals surface area (Å²) in [7, 11) is 3.38. The van der Waals surface area contributed by atoms with Crippen molar-refractivity contribution in [2.75, 3.05) is 38.8 Å². The van der Waals surface area contributed by atoms with Crippen LogP contribution in [0.25, 0.3) is 16.8 Å². The van der Waals surface area contributed by atoms with E-state index in [-0.39, 0.29) is 30.7 Å². The Hall–Kier alpha value is -6.55. The molecule has 1 saturated heterocycles. The van der Waals surface area contributed by atoms with Gasteiger partial charge in [-0.2, -0.15) is 5.10 Å². The van der Waals surface area contributed by atoms with Crippen molar-refractivity contribution < 1.29 is 33.4 Å². The van der Waals surface area contributed by atoms with E-state index in [1.165, 1.54) is 11.3 Å². The SMILES string of the molecule is COc1cc2c(cc1-c1cc3nccn3cc1OC)CCCN2c1nn(C2CCC(CN3Cc4cc5c(cc4C3)C(=O)N(C3CCC(=O)NC3=O)C5=O)CC2)c2c1CN(C(C)=O)CC2. The molecule has 8 heterocycles. The normalized spacial score (nSPS) is 22.1. The number of ether oxygens (including phenoxy) is 2. The van der Waals surface area contributed by atoms with Crippen LogP contribution in [0.3, 0.4) is 0 Å². The van der Waals surface area contributed by atoms with E-state index >= 15 is 0 Å². The molecule has 3 aromatic heterocycles. The maximum absolute atomic E-state index is 13.5. The number of pyridine rings is 1. The zero-order chi connectivity index (χ0) is 44.0. The van der Waals surface area contributed by atoms with Crippen molar-refractivity contribution in [3.63, 3.8) is 0 Å². The molecule has 1 unspecified atom stereocenters. The quantitative estimate of drug-likeness (QED) is 0.200. The second-order valence-corrected chi connectivity index (χ2v) is 18.2. The maximum atomic E-state index is 13.5. The van der Waals surface area contributed by atoms with E-state index in [2.05, 4.69) is 36.9 Å². The first-order chi connectivity index (χ1) is 31.1. The minimum atomic E-state index is -0.971. The van der Waals surface area contributed by atoms with Crippen LogP contribution in [0.4, 0.5) is 11.5 Å². The summed E-state index contributed by atoms with van der Waals surface area (Å²) < 4.78 is 16.2. The molecule has 2 aromatic carbocycles. The molecule has 5 aromatic rings. The van der Waals surface area contributed by atoms with Crippen LogP contribution < -0.4 is 19.7 Å². The number of methoxy groups -OCH3 is 2. The Kier molecular flexibility index (Phi) is 9.81. The first kappa shape index (κ1) is 40.2. The fourth-order valence-corrected chi connectivity index (χ4v) is 11.2. The van der Waals surface area contributed by atoms with Gasteiger partial charge in [-0.05, 0) is 91.8 Å². The minimum absolute atomic E-state index is 0.0691. The highest BCUT2D eigenvalue weighted by Crippen LogP contribution is 2.46. The highest BCUT2D eigenvalue weighted by Gasteiger charge is 2.45. The Morgan fingerprint density at radius 1 is 0.797 bits per heavy atom. The number of hydrogen-bond acceptors (Lipinski definition) is 11. The number of piperidine rings is 1. The number of nitrogens with zero attached hydrogens (tertiary/aromatic N) is 8. The predicted molar refractivity (Wildman–Crippen MR) is 234 cm³/mol. The number of aromatic nitrogens is 4. The van der Waals surface area contributed by atoms with E-state index in [9.17, 15) is 24.0 Å². The van der Waals surface area contributed by atoms with E-state index in [1.54, 1.807) is 27.3 Å². The van der Waals surface area contributed by atoms with Crippen molar-refractivity contribution in [1.82, 2.24) is 39.2 Å². The number of imidazole rings is 1. The van der Waals surface area contributed by atoms with Crippen LogP contribution in [0.2, 0.25) is 0 Å². The first-order valence-corrected chi connectivity index (χ1v) is 22.5. The van der Waals surface area contributed by atoms with E-state index < -0.39 is 23.8 Å². The van der Waals surface area contributed by atoms with Gasteiger partial charge in [0.05, 0.1) is 44.1 Å². The topological polar surface area (TPSA) is 164 Å². The molecule has 1 saturated carbocycles. The summed E-state index contributed by atoms with van der Waals surface area (Å²) in [5.74, 6) is 1.03. The molecule has 0 spiro atoms. The van der Waals surface area contributed by atoms with Crippen LogP contribution >= 0.6 is 0 Å². The van der Waals surface area contributed by atoms with E-state index in [0.29, 0.717) is 43.2 Å². The largest absolute Gasteiger partial charge is 0.496 e. The van der Waals surface area contributed by atoms with Gasteiger partial charge in [-0.15, -0.1) is 0 Å². The van der Waals surface area contributed by atoms with E-state index in [1.807, 2.05) is 39.9 Å². The molecule has 2 fully saturated rings. The highest BCUT2D eigenvalue weighted by atomic mass is 16.5. The molecular weight excluding hydrogens is 815 g/mol. The standard InChI is InChI=1S/C48H51N9O7/c1-27(58)53-15-12-38-37(25-53)45(55-14-4-5-29-17-33(41(63-2)21-40(29)55)34-20-43-49-13-16-54(43)26-42(34)64-3)51-57(38)32-8-6-28(7-9-32)22-52-23-30-18-35-36(19-31(30)24-52)48(62)56(47(35)61)39-10-11-44(59)50-46(39)60/h13,16-21,26,28,32,39H,4-12,14-15,22-25H2,1-3H3,(H,50,59,60). The number of carbonyl (C=O) groups is 5. The van der Waals surface area contributed by atoms with Gasteiger partial charge in [0.15, 0.2) is 5.82 Å². The Bertz CT molecular complexity index is 2760. The van der Waals surface area contributed by atoms with E-state index in [0.717, 1.165) is 119 Å². The zero-order valence-corrected chi connectivity index (χ0v) is 36.4. The molecule has 16 nitrogen and oxygen atoms in total. The van der Waals surface area contributed by atoms with Crippen molar-refractivity contribution in [2.45, 2.75) is 96.4 Å². The average molecular weight is 866 g/mol. The van der Waals surface area contributed by atoms with Crippen molar-refractivity contribution in [3.05, 3.63) is 88.0 Å². The van der Waals surface area contributed by atoms with Crippen molar-refractivity contribution in [3.8, 4) is 22.6 Å². The van der Waals surface area contributed by atoms with Gasteiger partial charge in [0.25, 0.3) is 11.8 Å². The van der Waals surface area contributed by atoms with Gasteiger partial charge in [0, 0.05) is 99.0 Å². The minimum Gasteiger partial charge on any atom is -0.496 e. The molecule has 5 amide bonds. The molecular formula is C48H51N9O7. The monoisotopic (exact) mass is 865 g/mol. The van der Waals surface area contributed by atoms with Gasteiger partial charge >= 0.3 is 0 Å². The molecule has 1 atom stereocenters. The van der Waals surface area contributed by atoms with Gasteiger partial charge in [-0.1, -0.05) is 0 Å². The molecule has 11 rings (SSSR count). The van der Waals surface area contributed by atoms with Crippen LogP contribution in [0, 0.1) is 5.92 Å². The van der Waals surface area contributed by atoms with Gasteiger partial charge in [-0.25, -0.2) is 4.98 Å². The number of benzene rings is 2. The molecule has 330 valence electrons. The number of anilines is 2. The third-order valence-corrected chi connectivity index (χ3v) is 14.5. The Labute approximate surface area is 370 Å². The molecule has 64 heavy (non-hydrogen) atoms. The summed E-state index contributed by atoms with van der Waals surface area (Å²) in [6, 6.07) is 9.36. The summed E-state index contributed by atoms with van der Waals surface area (Å²) in [6.45, 7) is 5.97. The molecule has 16 heteroatoms. The van der Waals surface area contributed by atoms with Crippen molar-refractivity contribution >= 4 is 46.7 Å². The maximum Gasteiger partial charge on any atom is 0.262 e. The Balaban J connectivity index is 0.812. The average Bonchev–Trinajstić information content (AvgIpc) is 4.08. The summed E-state index contributed by atoms with van der Waals surface area (Å²) in [6.07, 6.45) is 12.6. The predicted octanol–water partition coefficient (Wildman–Crippen LogP) is 5.35. The summed E-state index contributed by atoms with van der Waals surface area (Å²) in [5.41, 5.74) is 10.1. The lowest BCUT2D eigenvalue weighted by molar-refractivity contribution is -0.136. The third-order valence-electron chi connectivity index (χ3n) is 14.5. The fourth-order valence-electron chi connectivity index (χ4n) is 11.2. The lowest BCUT2D eigenvalue weighted by atomic mass is 9.85. The lowest BCUT2D eigenvalue weighted by Crippen LogP contribution is -2.54. The number of hydrogen-bond donors (Lipinski definition) is 1. The van der Waals surface area contributed by atoms with Crippen LogP contribution in [0.5, 0.6) is 11.5 Å². The van der Waals surface area contributed by atoms with Crippen LogP contribution in [-0.4, -0.2) is 103 Å². The van der Waals surface area contributed by atoms with Crippen molar-refractivity contribution in [1.29, 1.82) is 0 Å². The van der Waals surface area contributed by atoms with Gasteiger partial charge < -0.3 is 23.7 Å². The van der Waals surface area contributed by atoms with Gasteiger partial charge in [-0.3, -0.25) is 43.8 Å². The number of rotatable bonds is 8. The number of aryl methyl sites for hydroxylation is 1. The Morgan fingerprint density at radius 2 is 1.52 bits per heavy atom. The molecule has 0 radical (unpaired) electrons. The molecule has 1 aliphatic carbocycles. The van der Waals surface area contributed by atoms with Crippen LogP contribution in [0.1, 0.15) is 107 Å². The number of carbonyl (C=O) groups excluding carboxylic acids is 5. The van der Waals surface area contributed by atoms with Crippen LogP contribution in [-0.2, 0) is 46.9 Å². The van der Waals surface area contributed by atoms with E-state index in [4.69, 9.17) is 14.6 Å². The molecule has 0 bridgehead atoms. The van der Waals surface area contributed by atoms with Gasteiger partial charge in [0.2, 0.25) is 17.7 Å². The Morgan fingerprint density at radius 3 is 2.22 bits per heavy atom. The summed E-state index contributed by atoms with van der Waals surface area (Å²) >= 11 is 0. The number of imide groups is 2. The lowest BCUT2D eigenvalue weighted by Gasteiger charge is -2.33. The second kappa shape index (κ2) is 15.6. The van der Waals surface area contributed by atoms with Crippen molar-refractivity contribution in [2.24, 2.45) is 5.92 Å². The summed E-state index contributed by atoms with van der Waals surface area (Å²) in [5, 5.41) is 7.76. The number of fused-ring (bicyclic) bond motifs is 5. The highest BCUT2D eigenvalue weighted by molar-refractivity contribution is 6.23. The van der Waals surface area contributed by atoms with Crippen LogP contribution in [0.15, 0.2) is 48.9 Å². The number of amides is 5. The number of nitrogens with one attached hydrogen (secondary N) is 1. The summed E-state index contributed by atoms with van der Waals surface area (Å²) in [4.78, 5) is 76.3. The smallest absolute Gasteiger partial charge is 0.262 e. The second-order valence-electron chi connectivity index (χ2n) is 18.2. The van der Waals surface area contributed by atoms with Gasteiger partial charge in [0.1, 0.15) is 23.2 Å². The molecule has 1 N–H and O–H groups in total. The molecule has 6 aliphatic rings. The first-order valence-electron chi connectivity index (χ1n) is 22.5.